The monoisotopic (exact) mass is 834 g/mol. The molecule has 0 aliphatic carbocycles. The third-order valence-corrected chi connectivity index (χ3v) is 8.10. The first-order valence-electron chi connectivity index (χ1n) is 15.9. The Kier molecular flexibility index (Phi) is 66.1. The topological polar surface area (TPSA) is 0 Å². The Balaban J connectivity index is -0.0000000998. The molecule has 0 saturated carbocycles. The summed E-state index contributed by atoms with van der Waals surface area (Å²) >= 11 is 5.16. The average Bonchev–Trinajstić information content (AvgIpc) is 3.80. The van der Waals surface area contributed by atoms with E-state index in [9.17, 15) is 0 Å². The van der Waals surface area contributed by atoms with Crippen LogP contribution in [-0.4, -0.2) is 47.8 Å². The molecule has 5 heteroatoms. The molecule has 1 aromatic rings. The molecule has 0 fully saturated rings. The molecule has 8 radical (unpaired) electrons. The Labute approximate surface area is 304 Å². The second kappa shape index (κ2) is 50.2. The minimum Gasteiger partial charge on any atom is -0.133 e. The van der Waals surface area contributed by atoms with Gasteiger partial charge < -0.3 is 0 Å². The molecule has 0 N–H and O–H groups in total. The summed E-state index contributed by atoms with van der Waals surface area (Å²) < 4.78 is 2.65. The predicted molar refractivity (Wildman–Crippen MR) is 207 cm³/mol. The second-order valence-corrected chi connectivity index (χ2v) is 11.8. The van der Waals surface area contributed by atoms with Gasteiger partial charge in [-0.25, -0.2) is 0 Å². The van der Waals surface area contributed by atoms with E-state index in [1.54, 1.807) is 22.3 Å². The molecular formula is C36H66S3Sn2. The van der Waals surface area contributed by atoms with E-state index in [1.165, 1.54) is 95.9 Å². The second-order valence-electron chi connectivity index (χ2n) is 9.00. The van der Waals surface area contributed by atoms with Crippen molar-refractivity contribution in [2.45, 2.75) is 160 Å². The number of thiophene rings is 1. The van der Waals surface area contributed by atoms with Crippen LogP contribution in [0.15, 0.2) is 36.4 Å². The summed E-state index contributed by atoms with van der Waals surface area (Å²) in [7, 11) is 0. The summed E-state index contributed by atoms with van der Waals surface area (Å²) in [5.41, 5.74) is 0. The first-order valence-corrected chi connectivity index (χ1v) is 18.4. The Hall–Kier alpha value is 0.517. The molecule has 0 saturated heterocycles. The van der Waals surface area contributed by atoms with Crippen LogP contribution in [0.1, 0.15) is 160 Å². The van der Waals surface area contributed by atoms with Crippen LogP contribution in [0.5, 0.6) is 0 Å². The molecule has 0 spiro atoms. The predicted octanol–water partition coefficient (Wildman–Crippen LogP) is 12.6. The summed E-state index contributed by atoms with van der Waals surface area (Å²) in [4.78, 5) is 2.60. The molecule has 0 aromatic carbocycles. The van der Waals surface area contributed by atoms with Crippen LogP contribution >= 0.6 is 33.7 Å². The van der Waals surface area contributed by atoms with Crippen molar-refractivity contribution in [2.24, 2.45) is 0 Å². The van der Waals surface area contributed by atoms with E-state index in [4.69, 9.17) is 0 Å². The molecule has 41 heavy (non-hydrogen) atoms. The number of hydrogen-bond acceptors (Lipinski definition) is 1. The molecule has 0 nitrogen and oxygen atoms in total. The van der Waals surface area contributed by atoms with Crippen LogP contribution in [0.3, 0.4) is 0 Å². The van der Waals surface area contributed by atoms with Crippen LogP contribution in [-0.2, 0) is 0 Å². The SMILES string of the molecule is C1#S/C(=c2/cc/c(=C3/C=CC#S3)s2)C=C1.CCCC.CCCC.CCCC.CCCC.CCCC.CCCC.[Sn].[Sn]. The van der Waals surface area contributed by atoms with E-state index in [2.05, 4.69) is 118 Å². The minimum atomic E-state index is 0. The molecule has 2 aliphatic heterocycles. The minimum absolute atomic E-state index is 0. The largest absolute Gasteiger partial charge is 0.133 e. The fourth-order valence-corrected chi connectivity index (χ4v) is 3.83. The van der Waals surface area contributed by atoms with Gasteiger partial charge >= 0.3 is 0 Å². The van der Waals surface area contributed by atoms with Crippen LogP contribution in [0.25, 0.3) is 9.81 Å². The van der Waals surface area contributed by atoms with Crippen molar-refractivity contribution in [2.75, 3.05) is 0 Å². The van der Waals surface area contributed by atoms with Gasteiger partial charge in [-0.15, -0.1) is 11.3 Å². The zero-order chi connectivity index (χ0) is 30.6. The Morgan fingerprint density at radius 1 is 0.415 bits per heavy atom. The van der Waals surface area contributed by atoms with Gasteiger partial charge in [0.2, 0.25) is 0 Å². The average molecular weight is 833 g/mol. The molecule has 2 aliphatic rings. The number of allylic oxidation sites excluding steroid dienone is 2. The summed E-state index contributed by atoms with van der Waals surface area (Å²) in [5, 5.41) is 6.23. The van der Waals surface area contributed by atoms with E-state index < -0.39 is 0 Å². The zero-order valence-electron chi connectivity index (χ0n) is 29.2. The van der Waals surface area contributed by atoms with E-state index in [0.717, 1.165) is 0 Å². The van der Waals surface area contributed by atoms with Crippen LogP contribution in [0, 0.1) is 10.4 Å². The fraction of sp³-hybridized carbons (Fsp3) is 0.667. The van der Waals surface area contributed by atoms with Gasteiger partial charge in [0.25, 0.3) is 0 Å². The first kappa shape index (κ1) is 54.0. The summed E-state index contributed by atoms with van der Waals surface area (Å²) in [5.74, 6) is 0. The van der Waals surface area contributed by atoms with Crippen molar-refractivity contribution in [3.05, 3.63) is 45.5 Å². The quantitative estimate of drug-likeness (QED) is 0.251. The van der Waals surface area contributed by atoms with Crippen molar-refractivity contribution >= 4 is 91.3 Å². The van der Waals surface area contributed by atoms with Crippen LogP contribution in [0.2, 0.25) is 0 Å². The summed E-state index contributed by atoms with van der Waals surface area (Å²) in [6.45, 7) is 26.2. The number of rotatable bonds is 6. The maximum absolute atomic E-state index is 3.12. The van der Waals surface area contributed by atoms with Gasteiger partial charge in [-0.05, 0) is 36.4 Å². The molecule has 0 unspecified atom stereocenters. The van der Waals surface area contributed by atoms with Crippen LogP contribution in [0.4, 0.5) is 0 Å². The molecule has 0 atom stereocenters. The fourth-order valence-electron chi connectivity index (χ4n) is 1.35. The molecular weight excluding hydrogens is 766 g/mol. The van der Waals surface area contributed by atoms with Gasteiger partial charge in [0.1, 0.15) is 0 Å². The molecule has 3 rings (SSSR count). The van der Waals surface area contributed by atoms with Gasteiger partial charge in [-0.3, -0.25) is 0 Å². The van der Waals surface area contributed by atoms with Gasteiger partial charge in [0.15, 0.2) is 0 Å². The third-order valence-electron chi connectivity index (χ3n) is 5.03. The normalized spacial score (nSPS) is 13.0. The maximum atomic E-state index is 3.12. The van der Waals surface area contributed by atoms with Crippen molar-refractivity contribution in [1.82, 2.24) is 0 Å². The van der Waals surface area contributed by atoms with Gasteiger partial charge in [-0.1, -0.05) is 193 Å². The first-order chi connectivity index (χ1) is 18.9. The zero-order valence-corrected chi connectivity index (χ0v) is 37.3. The molecule has 0 bridgehead atoms. The van der Waals surface area contributed by atoms with E-state index in [1.807, 2.05) is 23.5 Å². The maximum Gasteiger partial charge on any atom is 0.0533 e. The number of unbranched alkanes of at least 4 members (excludes halogenated alkanes) is 6. The molecule has 0 amide bonds. The van der Waals surface area contributed by atoms with E-state index in [0.29, 0.717) is 0 Å². The van der Waals surface area contributed by atoms with Gasteiger partial charge in [-0.2, -0.15) is 0 Å². The van der Waals surface area contributed by atoms with E-state index >= 15 is 0 Å². The molecule has 3 heterocycles. The van der Waals surface area contributed by atoms with E-state index in [-0.39, 0.29) is 47.8 Å². The van der Waals surface area contributed by atoms with Crippen molar-refractivity contribution in [3.8, 4) is 10.4 Å². The summed E-state index contributed by atoms with van der Waals surface area (Å²) in [6.07, 6.45) is 24.0. The molecule has 1 aromatic heterocycles. The van der Waals surface area contributed by atoms with Crippen molar-refractivity contribution in [3.63, 3.8) is 0 Å². The van der Waals surface area contributed by atoms with Crippen molar-refractivity contribution in [1.29, 1.82) is 0 Å². The molecule has 236 valence electrons. The van der Waals surface area contributed by atoms with Crippen molar-refractivity contribution < 1.29 is 0 Å². The Bertz CT molecular complexity index is 814. The Morgan fingerprint density at radius 3 is 0.780 bits per heavy atom. The Morgan fingerprint density at radius 2 is 0.634 bits per heavy atom. The standard InChI is InChI=1S/C12H6S3.6C4H10.2Sn/c1-3-9(13-7-1)11-5-6-12(15-11)10-4-2-8-14-10;6*1-3-4-2;;/h1-6H;6*3-4H2,1-2H3;;/b11-9-,12-10+;;;;;;;;. The summed E-state index contributed by atoms with van der Waals surface area (Å²) in [6, 6.07) is 4.36. The van der Waals surface area contributed by atoms with Gasteiger partial charge in [0.05, 0.1) is 9.81 Å². The smallest absolute Gasteiger partial charge is 0.0533 e. The number of hydrogen-bond donors (Lipinski definition) is 0. The third kappa shape index (κ3) is 42.7. The van der Waals surface area contributed by atoms with Gasteiger partial charge in [0, 0.05) is 56.9 Å². The van der Waals surface area contributed by atoms with Crippen LogP contribution < -0.4 is 9.06 Å².